The van der Waals surface area contributed by atoms with Crippen LogP contribution >= 0.6 is 0 Å². The van der Waals surface area contributed by atoms with E-state index in [2.05, 4.69) is 9.97 Å². The summed E-state index contributed by atoms with van der Waals surface area (Å²) in [4.78, 5) is 20.6. The van der Waals surface area contributed by atoms with Gasteiger partial charge in [0.05, 0.1) is 16.7 Å². The lowest BCUT2D eigenvalue weighted by atomic mass is 10.0. The molecule has 0 saturated carbocycles. The van der Waals surface area contributed by atoms with Crippen molar-refractivity contribution in [2.75, 3.05) is 0 Å². The molecule has 0 unspecified atom stereocenters. The molecule has 32 heavy (non-hydrogen) atoms. The smallest absolute Gasteiger partial charge is 0.416 e. The molecular weight excluding hydrogens is 442 g/mol. The molecule has 0 saturated heterocycles. The summed E-state index contributed by atoms with van der Waals surface area (Å²) in [5, 5.41) is 0. The number of fused-ring (bicyclic) bond motifs is 1. The van der Waals surface area contributed by atoms with E-state index in [1.54, 1.807) is 18.2 Å². The Morgan fingerprint density at radius 2 is 1.56 bits per heavy atom. The lowest BCUT2D eigenvalue weighted by Crippen LogP contribution is -2.15. The molecule has 5 nitrogen and oxygen atoms in total. The molecule has 0 spiro atoms. The standard InChI is InChI=1S/C21H10F6N2O3/c22-20(23,24)12-7-11(8-13(9-12)21(25,26)27)19(30)31-14-4-5-15-17(10-14)32-18(29-15)16-3-1-2-6-28-16/h1-10H. The minimum absolute atomic E-state index is 0.0729. The van der Waals surface area contributed by atoms with Crippen LogP contribution in [0.2, 0.25) is 0 Å². The predicted octanol–water partition coefficient (Wildman–Crippen LogP) is 6.15. The van der Waals surface area contributed by atoms with Crippen molar-refractivity contribution in [3.63, 3.8) is 0 Å². The van der Waals surface area contributed by atoms with Gasteiger partial charge >= 0.3 is 18.3 Å². The summed E-state index contributed by atoms with van der Waals surface area (Å²) >= 11 is 0. The summed E-state index contributed by atoms with van der Waals surface area (Å²) in [7, 11) is 0. The fourth-order valence-corrected chi connectivity index (χ4v) is 2.81. The third kappa shape index (κ3) is 4.41. The number of esters is 1. The lowest BCUT2D eigenvalue weighted by molar-refractivity contribution is -0.143. The van der Waals surface area contributed by atoms with Crippen LogP contribution in [0, 0.1) is 0 Å². The predicted molar refractivity (Wildman–Crippen MR) is 98.6 cm³/mol. The molecule has 0 fully saturated rings. The van der Waals surface area contributed by atoms with Crippen LogP contribution in [-0.2, 0) is 12.4 Å². The van der Waals surface area contributed by atoms with Gasteiger partial charge in [-0.25, -0.2) is 9.78 Å². The number of hydrogen-bond acceptors (Lipinski definition) is 5. The van der Waals surface area contributed by atoms with E-state index < -0.39 is 35.0 Å². The molecule has 0 aliphatic heterocycles. The van der Waals surface area contributed by atoms with Gasteiger partial charge in [-0.05, 0) is 42.5 Å². The van der Waals surface area contributed by atoms with Crippen LogP contribution in [0.25, 0.3) is 22.7 Å². The van der Waals surface area contributed by atoms with Crippen molar-refractivity contribution >= 4 is 17.1 Å². The fourth-order valence-electron chi connectivity index (χ4n) is 2.81. The van der Waals surface area contributed by atoms with Crippen molar-refractivity contribution in [3.05, 3.63) is 77.5 Å². The Labute approximate surface area is 175 Å². The molecule has 11 heteroatoms. The van der Waals surface area contributed by atoms with Gasteiger partial charge in [0.25, 0.3) is 0 Å². The molecule has 4 rings (SSSR count). The number of oxazole rings is 1. The second-order valence-electron chi connectivity index (χ2n) is 6.55. The first-order valence-electron chi connectivity index (χ1n) is 8.84. The summed E-state index contributed by atoms with van der Waals surface area (Å²) in [5.74, 6) is -1.38. The molecule has 0 aliphatic carbocycles. The van der Waals surface area contributed by atoms with Gasteiger partial charge in [-0.1, -0.05) is 6.07 Å². The van der Waals surface area contributed by atoms with Crippen molar-refractivity contribution in [2.45, 2.75) is 12.4 Å². The van der Waals surface area contributed by atoms with Crippen molar-refractivity contribution in [1.29, 1.82) is 0 Å². The Balaban J connectivity index is 1.65. The first-order valence-corrected chi connectivity index (χ1v) is 8.84. The van der Waals surface area contributed by atoms with Gasteiger partial charge in [-0.15, -0.1) is 0 Å². The quantitative estimate of drug-likeness (QED) is 0.212. The van der Waals surface area contributed by atoms with Crippen LogP contribution < -0.4 is 4.74 Å². The van der Waals surface area contributed by atoms with Crippen LogP contribution in [-0.4, -0.2) is 15.9 Å². The van der Waals surface area contributed by atoms with Gasteiger partial charge in [0.1, 0.15) is 17.0 Å². The Morgan fingerprint density at radius 3 is 2.16 bits per heavy atom. The second-order valence-corrected chi connectivity index (χ2v) is 6.55. The van der Waals surface area contributed by atoms with Crippen molar-refractivity contribution in [2.24, 2.45) is 0 Å². The van der Waals surface area contributed by atoms with Gasteiger partial charge in [0.15, 0.2) is 5.58 Å². The molecule has 0 bridgehead atoms. The third-order valence-corrected chi connectivity index (χ3v) is 4.28. The normalized spacial score (nSPS) is 12.2. The van der Waals surface area contributed by atoms with E-state index in [0.717, 1.165) is 0 Å². The lowest BCUT2D eigenvalue weighted by Gasteiger charge is -2.13. The maximum atomic E-state index is 13.0. The zero-order valence-corrected chi connectivity index (χ0v) is 15.7. The van der Waals surface area contributed by atoms with E-state index >= 15 is 0 Å². The summed E-state index contributed by atoms with van der Waals surface area (Å²) in [6.45, 7) is 0. The summed E-state index contributed by atoms with van der Waals surface area (Å²) in [6, 6.07) is 9.52. The highest BCUT2D eigenvalue weighted by Gasteiger charge is 2.37. The Kier molecular flexibility index (Phi) is 5.11. The number of aromatic nitrogens is 2. The highest BCUT2D eigenvalue weighted by atomic mass is 19.4. The zero-order valence-electron chi connectivity index (χ0n) is 15.7. The van der Waals surface area contributed by atoms with E-state index in [1.807, 2.05) is 0 Å². The largest absolute Gasteiger partial charge is 0.435 e. The van der Waals surface area contributed by atoms with Gasteiger partial charge in [-0.3, -0.25) is 4.98 Å². The molecule has 164 valence electrons. The average molecular weight is 452 g/mol. The second kappa shape index (κ2) is 7.66. The van der Waals surface area contributed by atoms with Crippen LogP contribution in [0.4, 0.5) is 26.3 Å². The molecule has 0 aliphatic rings. The van der Waals surface area contributed by atoms with E-state index in [1.165, 1.54) is 24.4 Å². The highest BCUT2D eigenvalue weighted by Crippen LogP contribution is 2.36. The maximum Gasteiger partial charge on any atom is 0.416 e. The van der Waals surface area contributed by atoms with Crippen LogP contribution in [0.3, 0.4) is 0 Å². The molecule has 2 aromatic carbocycles. The number of hydrogen-bond donors (Lipinski definition) is 0. The summed E-state index contributed by atoms with van der Waals surface area (Å²) in [5.41, 5.74) is -3.15. The summed E-state index contributed by atoms with van der Waals surface area (Å²) in [6.07, 6.45) is -8.64. The van der Waals surface area contributed by atoms with Crippen molar-refractivity contribution < 1.29 is 40.3 Å². The SMILES string of the molecule is O=C(Oc1ccc2nc(-c3ccccn3)oc2c1)c1cc(C(F)(F)F)cc(C(F)(F)F)c1. The number of rotatable bonds is 3. The number of ether oxygens (including phenoxy) is 1. The molecule has 0 amide bonds. The number of pyridine rings is 1. The monoisotopic (exact) mass is 452 g/mol. The van der Waals surface area contributed by atoms with Gasteiger partial charge < -0.3 is 9.15 Å². The molecule has 4 aromatic rings. The summed E-state index contributed by atoms with van der Waals surface area (Å²) < 4.78 is 88.5. The first-order chi connectivity index (χ1) is 15.0. The minimum atomic E-state index is -5.09. The molecular formula is C21H10F6N2O3. The van der Waals surface area contributed by atoms with Crippen LogP contribution in [0.15, 0.2) is 65.2 Å². The van der Waals surface area contributed by atoms with Gasteiger partial charge in [-0.2, -0.15) is 26.3 Å². The Hall–Kier alpha value is -3.89. The zero-order chi connectivity index (χ0) is 23.1. The number of benzene rings is 2. The number of alkyl halides is 6. The van der Waals surface area contributed by atoms with E-state index in [0.29, 0.717) is 23.3 Å². The minimum Gasteiger partial charge on any atom is -0.435 e. The fraction of sp³-hybridized carbons (Fsp3) is 0.0952. The maximum absolute atomic E-state index is 13.0. The van der Waals surface area contributed by atoms with Crippen molar-refractivity contribution in [1.82, 2.24) is 9.97 Å². The van der Waals surface area contributed by atoms with Gasteiger partial charge in [0.2, 0.25) is 5.89 Å². The van der Waals surface area contributed by atoms with E-state index in [-0.39, 0.29) is 23.3 Å². The van der Waals surface area contributed by atoms with E-state index in [4.69, 9.17) is 9.15 Å². The molecule has 0 atom stereocenters. The molecule has 0 radical (unpaired) electrons. The van der Waals surface area contributed by atoms with Crippen LogP contribution in [0.5, 0.6) is 5.75 Å². The van der Waals surface area contributed by atoms with Gasteiger partial charge in [0, 0.05) is 12.3 Å². The molecule has 0 N–H and O–H groups in total. The van der Waals surface area contributed by atoms with E-state index in [9.17, 15) is 31.1 Å². The van der Waals surface area contributed by atoms with Crippen LogP contribution in [0.1, 0.15) is 21.5 Å². The number of carbonyl (C=O) groups excluding carboxylic acids is 1. The Morgan fingerprint density at radius 1 is 0.875 bits per heavy atom. The number of carbonyl (C=O) groups is 1. The average Bonchev–Trinajstić information content (AvgIpc) is 3.16. The number of nitrogens with zero attached hydrogens (tertiary/aromatic N) is 2. The molecule has 2 heterocycles. The Bertz CT molecular complexity index is 1260. The first kappa shape index (κ1) is 21.3. The molecule has 2 aromatic heterocycles. The topological polar surface area (TPSA) is 65.2 Å². The number of halogens is 6. The van der Waals surface area contributed by atoms with Crippen molar-refractivity contribution in [3.8, 4) is 17.3 Å². The third-order valence-electron chi connectivity index (χ3n) is 4.28. The highest BCUT2D eigenvalue weighted by molar-refractivity contribution is 5.92.